The van der Waals surface area contributed by atoms with Gasteiger partial charge in [-0.25, -0.2) is 8.42 Å². The lowest BCUT2D eigenvalue weighted by Crippen LogP contribution is -2.44. The van der Waals surface area contributed by atoms with Gasteiger partial charge >= 0.3 is 0 Å². The third-order valence-corrected chi connectivity index (χ3v) is 10.9. The average Bonchev–Trinajstić information content (AvgIpc) is 3.00. The molecule has 1 aliphatic heterocycles. The molecule has 0 amide bonds. The van der Waals surface area contributed by atoms with Crippen LogP contribution in [-0.4, -0.2) is 64.9 Å². The molecule has 1 saturated heterocycles. The van der Waals surface area contributed by atoms with Crippen LogP contribution >= 0.6 is 24.2 Å². The lowest BCUT2D eigenvalue weighted by molar-refractivity contribution is 0.313. The van der Waals surface area contributed by atoms with E-state index in [9.17, 15) is 16.8 Å². The number of rotatable bonds is 7. The van der Waals surface area contributed by atoms with Crippen LogP contribution < -0.4 is 13.4 Å². The van der Waals surface area contributed by atoms with Crippen LogP contribution in [0.4, 0.5) is 17.1 Å². The number of benzene rings is 3. The molecule has 0 saturated carbocycles. The van der Waals surface area contributed by atoms with Crippen molar-refractivity contribution in [2.45, 2.75) is 9.79 Å². The van der Waals surface area contributed by atoms with E-state index in [1.165, 1.54) is 30.6 Å². The molecule has 10 nitrogen and oxygen atoms in total. The molecule has 5 aromatic rings. The first-order chi connectivity index (χ1) is 20.1. The van der Waals surface area contributed by atoms with Crippen LogP contribution in [0.15, 0.2) is 101 Å². The minimum atomic E-state index is -4.37. The molecule has 1 fully saturated rings. The SMILES string of the molecule is CN1CCN(c2ccc(N(Cl)S(=O)(=O)c3cccc4cccnc34)c(NS(=O)(=O)c3cccc4cccnc34)c2)CC1.Cl. The molecule has 3 aromatic carbocycles. The topological polar surface area (TPSA) is 116 Å². The van der Waals surface area contributed by atoms with Gasteiger partial charge in [0.05, 0.1) is 22.4 Å². The van der Waals surface area contributed by atoms with E-state index in [1.807, 2.05) is 7.05 Å². The summed E-state index contributed by atoms with van der Waals surface area (Å²) >= 11 is 6.62. The molecule has 0 atom stereocenters. The molecule has 1 N–H and O–H groups in total. The summed E-state index contributed by atoms with van der Waals surface area (Å²) < 4.78 is 58.6. The van der Waals surface area contributed by atoms with Crippen molar-refractivity contribution in [2.24, 2.45) is 0 Å². The molecule has 1 aliphatic rings. The molecule has 0 bridgehead atoms. The van der Waals surface area contributed by atoms with E-state index in [1.54, 1.807) is 60.7 Å². The van der Waals surface area contributed by atoms with Crippen molar-refractivity contribution in [1.29, 1.82) is 0 Å². The van der Waals surface area contributed by atoms with E-state index in [0.717, 1.165) is 31.9 Å². The largest absolute Gasteiger partial charge is 0.369 e. The Hall–Kier alpha value is -3.68. The number of hydrogen-bond donors (Lipinski definition) is 1. The molecule has 0 spiro atoms. The Kier molecular flexibility index (Phi) is 8.68. The summed E-state index contributed by atoms with van der Waals surface area (Å²) in [5.41, 5.74) is 1.23. The standard InChI is InChI=1S/C29H27ClN6O4S2.ClH/c1-34-16-18-35(19-17-34)23-12-13-25(36(30)42(39,40)27-11-3-7-22-9-5-15-32-29(22)27)24(20-23)33-41(37,38)26-10-2-6-21-8-4-14-31-28(21)26;/h2-15,20,33H,16-19H2,1H3;1H. The number of anilines is 3. The highest BCUT2D eigenvalue weighted by molar-refractivity contribution is 7.94. The van der Waals surface area contributed by atoms with E-state index < -0.39 is 20.0 Å². The average molecular weight is 660 g/mol. The summed E-state index contributed by atoms with van der Waals surface area (Å²) in [4.78, 5) is 12.7. The highest BCUT2D eigenvalue weighted by Gasteiger charge is 2.30. The predicted octanol–water partition coefficient (Wildman–Crippen LogP) is 5.11. The number of nitrogens with zero attached hydrogens (tertiary/aromatic N) is 5. The van der Waals surface area contributed by atoms with Crippen LogP contribution in [0.5, 0.6) is 0 Å². The fourth-order valence-electron chi connectivity index (χ4n) is 5.01. The second-order valence-electron chi connectivity index (χ2n) is 9.98. The summed E-state index contributed by atoms with van der Waals surface area (Å²) in [5.74, 6) is 0. The first-order valence-corrected chi connectivity index (χ1v) is 16.4. The van der Waals surface area contributed by atoms with Gasteiger partial charge in [-0.3, -0.25) is 14.7 Å². The van der Waals surface area contributed by atoms with Crippen LogP contribution in [0.25, 0.3) is 21.8 Å². The molecule has 43 heavy (non-hydrogen) atoms. The van der Waals surface area contributed by atoms with Gasteiger partial charge in [-0.05, 0) is 49.5 Å². The van der Waals surface area contributed by atoms with Crippen LogP contribution in [-0.2, 0) is 20.0 Å². The zero-order chi connectivity index (χ0) is 29.5. The molecule has 0 radical (unpaired) electrons. The number of pyridine rings is 2. The highest BCUT2D eigenvalue weighted by Crippen LogP contribution is 2.38. The second-order valence-corrected chi connectivity index (χ2v) is 13.9. The predicted molar refractivity (Wildman–Crippen MR) is 173 cm³/mol. The minimum absolute atomic E-state index is 0. The van der Waals surface area contributed by atoms with Crippen LogP contribution in [0.1, 0.15) is 0 Å². The van der Waals surface area contributed by atoms with Gasteiger partial charge in [0.2, 0.25) is 0 Å². The molecule has 224 valence electrons. The highest BCUT2D eigenvalue weighted by atomic mass is 35.5. The molecule has 6 rings (SSSR count). The third-order valence-electron chi connectivity index (χ3n) is 7.25. The molecule has 0 unspecified atom stereocenters. The Labute approximate surface area is 261 Å². The first-order valence-electron chi connectivity index (χ1n) is 13.1. The van der Waals surface area contributed by atoms with Crippen molar-refractivity contribution < 1.29 is 16.8 Å². The summed E-state index contributed by atoms with van der Waals surface area (Å²) in [7, 11) is -6.56. The Morgan fingerprint density at radius 2 is 1.33 bits per heavy atom. The lowest BCUT2D eigenvalue weighted by atomic mass is 10.2. The zero-order valence-corrected chi connectivity index (χ0v) is 26.2. The normalized spacial score (nSPS) is 14.4. The summed E-state index contributed by atoms with van der Waals surface area (Å²) in [6, 6.07) is 21.5. The quantitative estimate of drug-likeness (QED) is 0.240. The lowest BCUT2D eigenvalue weighted by Gasteiger charge is -2.34. The number of fused-ring (bicyclic) bond motifs is 2. The van der Waals surface area contributed by atoms with Gasteiger partial charge in [0, 0.05) is 66.8 Å². The molecular formula is C29H28Cl2N6O4S2. The molecule has 3 heterocycles. The van der Waals surface area contributed by atoms with Crippen molar-refractivity contribution in [3.05, 3.63) is 91.3 Å². The van der Waals surface area contributed by atoms with Crippen molar-refractivity contribution >= 4 is 83.1 Å². The monoisotopic (exact) mass is 658 g/mol. The first kappa shape index (κ1) is 30.8. The molecular weight excluding hydrogens is 631 g/mol. The van der Waals surface area contributed by atoms with Crippen molar-refractivity contribution in [3.8, 4) is 0 Å². The summed E-state index contributed by atoms with van der Waals surface area (Å²) in [6.07, 6.45) is 3.02. The van der Waals surface area contributed by atoms with E-state index in [4.69, 9.17) is 11.8 Å². The summed E-state index contributed by atoms with van der Waals surface area (Å²) in [6.45, 7) is 3.10. The van der Waals surface area contributed by atoms with E-state index >= 15 is 0 Å². The smallest absolute Gasteiger partial charge is 0.280 e. The Balaban J connectivity index is 0.00000368. The van der Waals surface area contributed by atoms with Crippen LogP contribution in [0.3, 0.4) is 0 Å². The molecule has 0 aliphatic carbocycles. The second kappa shape index (κ2) is 12.1. The Morgan fingerprint density at radius 3 is 1.95 bits per heavy atom. The van der Waals surface area contributed by atoms with E-state index in [-0.39, 0.29) is 39.1 Å². The number of likely N-dealkylation sites (N-methyl/N-ethyl adjacent to an activating group) is 1. The van der Waals surface area contributed by atoms with Gasteiger partial charge in [-0.15, -0.1) is 12.4 Å². The number of aromatic nitrogens is 2. The molecule has 2 aromatic heterocycles. The zero-order valence-electron chi connectivity index (χ0n) is 23.0. The van der Waals surface area contributed by atoms with E-state index in [2.05, 4.69) is 24.5 Å². The maximum Gasteiger partial charge on any atom is 0.280 e. The fourth-order valence-corrected chi connectivity index (χ4v) is 7.89. The molecule has 14 heteroatoms. The van der Waals surface area contributed by atoms with Crippen molar-refractivity contribution in [3.63, 3.8) is 0 Å². The number of nitrogens with one attached hydrogen (secondary N) is 1. The third kappa shape index (κ3) is 5.93. The van der Waals surface area contributed by atoms with Gasteiger partial charge in [-0.2, -0.15) is 12.2 Å². The van der Waals surface area contributed by atoms with Crippen molar-refractivity contribution in [1.82, 2.24) is 14.9 Å². The van der Waals surface area contributed by atoms with Gasteiger partial charge in [-0.1, -0.05) is 36.4 Å². The minimum Gasteiger partial charge on any atom is -0.369 e. The van der Waals surface area contributed by atoms with Gasteiger partial charge < -0.3 is 9.80 Å². The number of sulfonamides is 2. The number of para-hydroxylation sites is 2. The number of halogens is 2. The number of hydrogen-bond acceptors (Lipinski definition) is 8. The van der Waals surface area contributed by atoms with Gasteiger partial charge in [0.15, 0.2) is 0 Å². The van der Waals surface area contributed by atoms with Gasteiger partial charge in [0.1, 0.15) is 9.79 Å². The maximum absolute atomic E-state index is 13.9. The van der Waals surface area contributed by atoms with Crippen LogP contribution in [0.2, 0.25) is 0 Å². The Morgan fingerprint density at radius 1 is 0.767 bits per heavy atom. The van der Waals surface area contributed by atoms with Gasteiger partial charge in [0.25, 0.3) is 20.0 Å². The number of piperazine rings is 1. The van der Waals surface area contributed by atoms with E-state index in [0.29, 0.717) is 20.1 Å². The van der Waals surface area contributed by atoms with Crippen molar-refractivity contribution in [2.75, 3.05) is 46.7 Å². The maximum atomic E-state index is 13.9. The summed E-state index contributed by atoms with van der Waals surface area (Å²) in [5, 5.41) is 1.27. The Bertz CT molecular complexity index is 2010. The fraction of sp³-hybridized carbons (Fsp3) is 0.172. The van der Waals surface area contributed by atoms with Crippen LogP contribution in [0, 0.1) is 0 Å².